The number of ether oxygens (including phenoxy) is 1. The summed E-state index contributed by atoms with van der Waals surface area (Å²) in [5.41, 5.74) is 14.6. The Bertz CT molecular complexity index is 1560. The van der Waals surface area contributed by atoms with Crippen molar-refractivity contribution < 1.29 is 27.5 Å². The van der Waals surface area contributed by atoms with Crippen LogP contribution in [0.4, 0.5) is 0 Å². The van der Waals surface area contributed by atoms with Crippen LogP contribution in [-0.4, -0.2) is 56.9 Å². The van der Waals surface area contributed by atoms with Crippen LogP contribution in [0.5, 0.6) is 5.75 Å². The lowest BCUT2D eigenvalue weighted by atomic mass is 10.00. The van der Waals surface area contributed by atoms with E-state index in [1.807, 2.05) is 36.4 Å². The van der Waals surface area contributed by atoms with Gasteiger partial charge in [-0.3, -0.25) is 19.8 Å². The third kappa shape index (κ3) is 10.2. The van der Waals surface area contributed by atoms with E-state index in [4.69, 9.17) is 21.6 Å². The van der Waals surface area contributed by atoms with E-state index in [-0.39, 0.29) is 37.4 Å². The van der Waals surface area contributed by atoms with Gasteiger partial charge in [-0.1, -0.05) is 60.7 Å². The third-order valence-electron chi connectivity index (χ3n) is 6.88. The first-order valence-electron chi connectivity index (χ1n) is 13.9. The van der Waals surface area contributed by atoms with Gasteiger partial charge < -0.3 is 26.8 Å². The molecule has 3 aromatic carbocycles. The second-order valence-corrected chi connectivity index (χ2v) is 12.1. The molecule has 8 N–H and O–H groups in total. The summed E-state index contributed by atoms with van der Waals surface area (Å²) in [5, 5.41) is 12.8. The topological polar surface area (TPSA) is 207 Å². The Balaban J connectivity index is 1.75. The first-order chi connectivity index (χ1) is 20.9. The minimum absolute atomic E-state index is 0.0145. The van der Waals surface area contributed by atoms with Crippen molar-refractivity contribution in [3.8, 4) is 16.9 Å². The zero-order valence-electron chi connectivity index (χ0n) is 24.6. The average molecular weight is 623 g/mol. The van der Waals surface area contributed by atoms with Crippen LogP contribution in [0.25, 0.3) is 11.1 Å². The third-order valence-corrected chi connectivity index (χ3v) is 8.28. The molecule has 13 heteroatoms. The number of amides is 3. The van der Waals surface area contributed by atoms with Gasteiger partial charge in [-0.2, -0.15) is 0 Å². The van der Waals surface area contributed by atoms with Crippen molar-refractivity contribution in [1.29, 1.82) is 5.41 Å². The first-order valence-corrected chi connectivity index (χ1v) is 15.6. The smallest absolute Gasteiger partial charge is 0.242 e. The Morgan fingerprint density at radius 2 is 1.41 bits per heavy atom. The molecular formula is C31H38N6O6S. The van der Waals surface area contributed by atoms with Gasteiger partial charge in [-0.25, -0.2) is 13.1 Å². The fraction of sp³-hybridized carbons (Fsp3) is 0.290. The number of benzene rings is 3. The number of carbonyl (C=O) groups is 3. The van der Waals surface area contributed by atoms with E-state index in [2.05, 4.69) is 15.4 Å². The molecule has 0 saturated carbocycles. The first kappa shape index (κ1) is 33.7. The number of primary amides is 1. The van der Waals surface area contributed by atoms with Gasteiger partial charge in [0.15, 0.2) is 0 Å². The monoisotopic (exact) mass is 622 g/mol. The average Bonchev–Trinajstić information content (AvgIpc) is 3.01. The van der Waals surface area contributed by atoms with Gasteiger partial charge in [0.1, 0.15) is 23.7 Å². The molecule has 0 aliphatic carbocycles. The second-order valence-electron chi connectivity index (χ2n) is 10.1. The highest BCUT2D eigenvalue weighted by Gasteiger charge is 2.28. The molecule has 0 aromatic heterocycles. The van der Waals surface area contributed by atoms with E-state index in [1.165, 1.54) is 6.92 Å². The molecule has 44 heavy (non-hydrogen) atoms. The van der Waals surface area contributed by atoms with Gasteiger partial charge in [-0.05, 0) is 54.2 Å². The molecule has 0 spiro atoms. The fourth-order valence-corrected chi connectivity index (χ4v) is 5.07. The summed E-state index contributed by atoms with van der Waals surface area (Å²) in [6.07, 6.45) is -0.246. The highest BCUT2D eigenvalue weighted by Crippen LogP contribution is 2.23. The molecule has 0 saturated heterocycles. The molecule has 12 nitrogen and oxygen atoms in total. The maximum atomic E-state index is 13.4. The Morgan fingerprint density at radius 3 is 1.93 bits per heavy atom. The van der Waals surface area contributed by atoms with Gasteiger partial charge in [0.2, 0.25) is 27.7 Å². The van der Waals surface area contributed by atoms with Crippen molar-refractivity contribution in [3.05, 3.63) is 89.5 Å². The maximum Gasteiger partial charge on any atom is 0.242 e. The van der Waals surface area contributed by atoms with Crippen molar-refractivity contribution in [1.82, 2.24) is 15.4 Å². The number of nitrogens with two attached hydrogens (primary N) is 2. The summed E-state index contributed by atoms with van der Waals surface area (Å²) in [7, 11) is -2.21. The zero-order chi connectivity index (χ0) is 32.3. The van der Waals surface area contributed by atoms with E-state index in [9.17, 15) is 22.8 Å². The number of nitrogen functional groups attached to an aromatic ring is 1. The predicted molar refractivity (Wildman–Crippen MR) is 168 cm³/mol. The maximum absolute atomic E-state index is 13.4. The highest BCUT2D eigenvalue weighted by atomic mass is 32.2. The standard InChI is InChI=1S/C31H38N6O6S/c1-3-44(41,42)37-27(18-20-4-8-22(9-5-20)23-12-14-25(43-2)15-13-23)31(40)36-26(16-17-28(32)38)30(39)35-19-21-6-10-24(11-7-21)29(33)34/h4-15,26-27,37H,3,16-19H2,1-2H3,(H2,32,38)(H3,33,34)(H,35,39)(H,36,40). The molecule has 3 rings (SSSR count). The van der Waals surface area contributed by atoms with E-state index in [0.717, 1.165) is 22.4 Å². The lowest BCUT2D eigenvalue weighted by molar-refractivity contribution is -0.130. The summed E-state index contributed by atoms with van der Waals surface area (Å²) < 4.78 is 32.6. The largest absolute Gasteiger partial charge is 0.497 e. The number of carbonyl (C=O) groups excluding carboxylic acids is 3. The zero-order valence-corrected chi connectivity index (χ0v) is 25.4. The minimum atomic E-state index is -3.80. The molecule has 0 heterocycles. The van der Waals surface area contributed by atoms with Crippen LogP contribution >= 0.6 is 0 Å². The Morgan fingerprint density at radius 1 is 0.841 bits per heavy atom. The van der Waals surface area contributed by atoms with Crippen LogP contribution in [0.15, 0.2) is 72.8 Å². The molecular weight excluding hydrogens is 584 g/mol. The Kier molecular flexibility index (Phi) is 12.0. The number of methoxy groups -OCH3 is 1. The minimum Gasteiger partial charge on any atom is -0.497 e. The molecule has 3 amide bonds. The molecule has 0 fully saturated rings. The molecule has 0 aliphatic heterocycles. The van der Waals surface area contributed by atoms with Gasteiger partial charge >= 0.3 is 0 Å². The molecule has 3 aromatic rings. The predicted octanol–water partition coefficient (Wildman–Crippen LogP) is 1.56. The Hall–Kier alpha value is -4.75. The van der Waals surface area contributed by atoms with Crippen molar-refractivity contribution in [2.24, 2.45) is 11.5 Å². The molecule has 2 unspecified atom stereocenters. The summed E-state index contributed by atoms with van der Waals surface area (Å²) >= 11 is 0. The van der Waals surface area contributed by atoms with Gasteiger partial charge in [-0.15, -0.1) is 0 Å². The number of hydrogen-bond donors (Lipinski definition) is 6. The van der Waals surface area contributed by atoms with Crippen LogP contribution in [0.2, 0.25) is 0 Å². The molecule has 0 bridgehead atoms. The summed E-state index contributed by atoms with van der Waals surface area (Å²) in [6, 6.07) is 19.2. The van der Waals surface area contributed by atoms with Crippen molar-refractivity contribution in [3.63, 3.8) is 0 Å². The summed E-state index contributed by atoms with van der Waals surface area (Å²) in [4.78, 5) is 38.0. The molecule has 2 atom stereocenters. The van der Waals surface area contributed by atoms with Crippen molar-refractivity contribution in [2.45, 2.75) is 44.8 Å². The van der Waals surface area contributed by atoms with Crippen LogP contribution in [0.1, 0.15) is 36.5 Å². The summed E-state index contributed by atoms with van der Waals surface area (Å²) in [6.45, 7) is 1.55. The van der Waals surface area contributed by atoms with Crippen molar-refractivity contribution >= 4 is 33.6 Å². The number of amidine groups is 1. The van der Waals surface area contributed by atoms with E-state index >= 15 is 0 Å². The Labute approximate surface area is 257 Å². The van der Waals surface area contributed by atoms with Crippen LogP contribution in [-0.2, 0) is 37.4 Å². The van der Waals surface area contributed by atoms with Gasteiger partial charge in [0.05, 0.1) is 12.9 Å². The number of rotatable bonds is 16. The molecule has 234 valence electrons. The van der Waals surface area contributed by atoms with Crippen LogP contribution < -0.4 is 31.6 Å². The van der Waals surface area contributed by atoms with Crippen LogP contribution in [0.3, 0.4) is 0 Å². The number of sulfonamides is 1. The highest BCUT2D eigenvalue weighted by molar-refractivity contribution is 7.89. The normalized spacial score (nSPS) is 12.5. The van der Waals surface area contributed by atoms with Crippen LogP contribution in [0, 0.1) is 5.41 Å². The van der Waals surface area contributed by atoms with Gasteiger partial charge in [0, 0.05) is 18.5 Å². The van der Waals surface area contributed by atoms with Gasteiger partial charge in [0.25, 0.3) is 0 Å². The SMILES string of the molecule is CCS(=O)(=O)NC(Cc1ccc(-c2ccc(OC)cc2)cc1)C(=O)NC(CCC(N)=O)C(=O)NCc1ccc(C(=N)N)cc1. The lowest BCUT2D eigenvalue weighted by Gasteiger charge is -2.23. The van der Waals surface area contributed by atoms with E-state index in [0.29, 0.717) is 11.1 Å². The van der Waals surface area contributed by atoms with E-state index < -0.39 is 39.8 Å². The lowest BCUT2D eigenvalue weighted by Crippen LogP contribution is -2.54. The number of nitrogens with one attached hydrogen (secondary N) is 4. The molecule has 0 aliphatic rings. The summed E-state index contributed by atoms with van der Waals surface area (Å²) in [5.74, 6) is -1.56. The van der Waals surface area contributed by atoms with Crippen molar-refractivity contribution in [2.75, 3.05) is 12.9 Å². The fourth-order valence-electron chi connectivity index (χ4n) is 4.28. The number of hydrogen-bond acceptors (Lipinski definition) is 7. The molecule has 0 radical (unpaired) electrons. The van der Waals surface area contributed by atoms with E-state index in [1.54, 1.807) is 43.5 Å². The quantitative estimate of drug-likeness (QED) is 0.103. The second kappa shape index (κ2) is 15.6.